The summed E-state index contributed by atoms with van der Waals surface area (Å²) in [4.78, 5) is 2.40. The van der Waals surface area contributed by atoms with Crippen LogP contribution in [0.2, 0.25) is 0 Å². The summed E-state index contributed by atoms with van der Waals surface area (Å²) in [6.45, 7) is 5.72. The SMILES string of the molecule is CCCc1ccn2c1CN(C)CC2. The monoisotopic (exact) mass is 178 g/mol. The van der Waals surface area contributed by atoms with E-state index in [-0.39, 0.29) is 0 Å². The number of rotatable bonds is 2. The second kappa shape index (κ2) is 3.54. The molecular formula is C11H18N2. The van der Waals surface area contributed by atoms with Crippen LogP contribution >= 0.6 is 0 Å². The molecule has 1 aliphatic heterocycles. The Balaban J connectivity index is 2.25. The molecule has 0 amide bonds. The van der Waals surface area contributed by atoms with Gasteiger partial charge in [0.15, 0.2) is 0 Å². The van der Waals surface area contributed by atoms with Gasteiger partial charge in [0.05, 0.1) is 0 Å². The summed E-state index contributed by atoms with van der Waals surface area (Å²) in [5, 5.41) is 0. The van der Waals surface area contributed by atoms with Gasteiger partial charge < -0.3 is 4.57 Å². The molecule has 2 nitrogen and oxygen atoms in total. The first-order valence-corrected chi connectivity index (χ1v) is 5.16. The van der Waals surface area contributed by atoms with Gasteiger partial charge in [-0.3, -0.25) is 4.90 Å². The fraction of sp³-hybridized carbons (Fsp3) is 0.636. The first kappa shape index (κ1) is 8.82. The molecule has 2 rings (SSSR count). The van der Waals surface area contributed by atoms with E-state index in [9.17, 15) is 0 Å². The lowest BCUT2D eigenvalue weighted by atomic mass is 10.1. The Bertz CT molecular complexity index is 288. The quantitative estimate of drug-likeness (QED) is 0.671. The van der Waals surface area contributed by atoms with Crippen LogP contribution in [0.3, 0.4) is 0 Å². The van der Waals surface area contributed by atoms with E-state index in [1.807, 2.05) is 0 Å². The fourth-order valence-electron chi connectivity index (χ4n) is 2.06. The standard InChI is InChI=1S/C11H18N2/c1-3-4-10-5-6-13-8-7-12(2)9-11(10)13/h5-6H,3-4,7-9H2,1-2H3. The maximum absolute atomic E-state index is 2.41. The number of aryl methyl sites for hydroxylation is 1. The second-order valence-electron chi connectivity index (χ2n) is 3.97. The van der Waals surface area contributed by atoms with Gasteiger partial charge in [0, 0.05) is 31.5 Å². The Morgan fingerprint density at radius 2 is 2.23 bits per heavy atom. The number of hydrogen-bond donors (Lipinski definition) is 0. The second-order valence-corrected chi connectivity index (χ2v) is 3.97. The molecule has 2 heterocycles. The van der Waals surface area contributed by atoms with Crippen LogP contribution in [0.1, 0.15) is 24.6 Å². The maximum Gasteiger partial charge on any atom is 0.0387 e. The molecule has 1 aromatic rings. The molecule has 0 aliphatic carbocycles. The molecule has 0 fully saturated rings. The van der Waals surface area contributed by atoms with E-state index < -0.39 is 0 Å². The highest BCUT2D eigenvalue weighted by atomic mass is 15.2. The van der Waals surface area contributed by atoms with Crippen LogP contribution in [-0.2, 0) is 19.5 Å². The van der Waals surface area contributed by atoms with Gasteiger partial charge in [-0.05, 0) is 25.1 Å². The first-order chi connectivity index (χ1) is 6.31. The number of likely N-dealkylation sites (N-methyl/N-ethyl adjacent to an activating group) is 1. The zero-order valence-corrected chi connectivity index (χ0v) is 8.58. The number of aromatic nitrogens is 1. The average Bonchev–Trinajstić information content (AvgIpc) is 2.49. The zero-order valence-electron chi connectivity index (χ0n) is 8.58. The zero-order chi connectivity index (χ0) is 9.26. The van der Waals surface area contributed by atoms with Gasteiger partial charge in [-0.1, -0.05) is 13.3 Å². The summed E-state index contributed by atoms with van der Waals surface area (Å²) in [6.07, 6.45) is 4.73. The summed E-state index contributed by atoms with van der Waals surface area (Å²) in [5.74, 6) is 0. The number of hydrogen-bond acceptors (Lipinski definition) is 1. The predicted octanol–water partition coefficient (Wildman–Crippen LogP) is 1.89. The Labute approximate surface area is 80.2 Å². The Morgan fingerprint density at radius 1 is 1.38 bits per heavy atom. The van der Waals surface area contributed by atoms with Crippen LogP contribution in [0.5, 0.6) is 0 Å². The molecule has 13 heavy (non-hydrogen) atoms. The molecular weight excluding hydrogens is 160 g/mol. The van der Waals surface area contributed by atoms with Crippen molar-refractivity contribution in [1.29, 1.82) is 0 Å². The summed E-state index contributed by atoms with van der Waals surface area (Å²) < 4.78 is 2.41. The predicted molar refractivity (Wildman–Crippen MR) is 54.8 cm³/mol. The smallest absolute Gasteiger partial charge is 0.0387 e. The molecule has 0 aromatic carbocycles. The van der Waals surface area contributed by atoms with Gasteiger partial charge in [0.2, 0.25) is 0 Å². The Hall–Kier alpha value is -0.760. The van der Waals surface area contributed by atoms with Crippen molar-refractivity contribution in [2.75, 3.05) is 13.6 Å². The summed E-state index contributed by atoms with van der Waals surface area (Å²) in [5.41, 5.74) is 3.09. The minimum atomic E-state index is 1.13. The van der Waals surface area contributed by atoms with E-state index in [1.54, 1.807) is 5.56 Å². The molecule has 0 atom stereocenters. The number of nitrogens with zero attached hydrogens (tertiary/aromatic N) is 2. The average molecular weight is 178 g/mol. The fourth-order valence-corrected chi connectivity index (χ4v) is 2.06. The summed E-state index contributed by atoms with van der Waals surface area (Å²) in [7, 11) is 2.20. The summed E-state index contributed by atoms with van der Waals surface area (Å²) >= 11 is 0. The molecule has 72 valence electrons. The van der Waals surface area contributed by atoms with Crippen LogP contribution in [0.15, 0.2) is 12.3 Å². The third-order valence-electron chi connectivity index (χ3n) is 2.83. The highest BCUT2D eigenvalue weighted by Crippen LogP contribution is 2.18. The highest BCUT2D eigenvalue weighted by molar-refractivity contribution is 5.23. The van der Waals surface area contributed by atoms with Crippen molar-refractivity contribution in [3.8, 4) is 0 Å². The van der Waals surface area contributed by atoms with Gasteiger partial charge in [-0.15, -0.1) is 0 Å². The van der Waals surface area contributed by atoms with E-state index in [4.69, 9.17) is 0 Å². The lowest BCUT2D eigenvalue weighted by Crippen LogP contribution is -2.30. The lowest BCUT2D eigenvalue weighted by Gasteiger charge is -2.25. The van der Waals surface area contributed by atoms with Crippen molar-refractivity contribution in [2.45, 2.75) is 32.9 Å². The molecule has 0 saturated heterocycles. The molecule has 0 spiro atoms. The minimum Gasteiger partial charge on any atom is -0.349 e. The van der Waals surface area contributed by atoms with E-state index in [2.05, 4.69) is 35.7 Å². The van der Waals surface area contributed by atoms with Crippen LogP contribution < -0.4 is 0 Å². The topological polar surface area (TPSA) is 8.17 Å². The molecule has 0 unspecified atom stereocenters. The van der Waals surface area contributed by atoms with Crippen LogP contribution in [0.4, 0.5) is 0 Å². The first-order valence-electron chi connectivity index (χ1n) is 5.16. The van der Waals surface area contributed by atoms with Crippen LogP contribution in [0.25, 0.3) is 0 Å². The van der Waals surface area contributed by atoms with Gasteiger partial charge in [0.25, 0.3) is 0 Å². The summed E-state index contributed by atoms with van der Waals surface area (Å²) in [6, 6.07) is 2.29. The normalized spacial score (nSPS) is 17.4. The molecule has 1 aliphatic rings. The maximum atomic E-state index is 2.41. The molecule has 2 heteroatoms. The van der Waals surface area contributed by atoms with Crippen molar-refractivity contribution >= 4 is 0 Å². The van der Waals surface area contributed by atoms with Gasteiger partial charge in [-0.25, -0.2) is 0 Å². The van der Waals surface area contributed by atoms with Crippen molar-refractivity contribution in [3.05, 3.63) is 23.5 Å². The largest absolute Gasteiger partial charge is 0.349 e. The van der Waals surface area contributed by atoms with Crippen LogP contribution in [-0.4, -0.2) is 23.1 Å². The third kappa shape index (κ3) is 1.63. The Kier molecular flexibility index (Phi) is 2.40. The van der Waals surface area contributed by atoms with Crippen LogP contribution in [0, 0.1) is 0 Å². The lowest BCUT2D eigenvalue weighted by molar-refractivity contribution is 0.268. The molecule has 0 saturated carbocycles. The molecule has 0 N–H and O–H groups in total. The Morgan fingerprint density at radius 3 is 3.00 bits per heavy atom. The van der Waals surface area contributed by atoms with Crippen molar-refractivity contribution in [3.63, 3.8) is 0 Å². The van der Waals surface area contributed by atoms with E-state index in [0.29, 0.717) is 0 Å². The van der Waals surface area contributed by atoms with Crippen molar-refractivity contribution < 1.29 is 0 Å². The molecule has 1 aromatic heterocycles. The number of fused-ring (bicyclic) bond motifs is 1. The molecule has 0 bridgehead atoms. The van der Waals surface area contributed by atoms with Crippen molar-refractivity contribution in [1.82, 2.24) is 9.47 Å². The van der Waals surface area contributed by atoms with Gasteiger partial charge in [-0.2, -0.15) is 0 Å². The third-order valence-corrected chi connectivity index (χ3v) is 2.83. The van der Waals surface area contributed by atoms with Gasteiger partial charge in [0.1, 0.15) is 0 Å². The highest BCUT2D eigenvalue weighted by Gasteiger charge is 2.15. The molecule has 0 radical (unpaired) electrons. The van der Waals surface area contributed by atoms with E-state index in [0.717, 1.165) is 13.1 Å². The van der Waals surface area contributed by atoms with E-state index >= 15 is 0 Å². The van der Waals surface area contributed by atoms with E-state index in [1.165, 1.54) is 25.1 Å². The van der Waals surface area contributed by atoms with Crippen molar-refractivity contribution in [2.24, 2.45) is 0 Å². The minimum absolute atomic E-state index is 1.13. The van der Waals surface area contributed by atoms with Gasteiger partial charge >= 0.3 is 0 Å².